The second kappa shape index (κ2) is 2.96. The van der Waals surface area contributed by atoms with Crippen LogP contribution < -0.4 is 5.73 Å². The van der Waals surface area contributed by atoms with E-state index in [-0.39, 0.29) is 17.7 Å². The summed E-state index contributed by atoms with van der Waals surface area (Å²) in [6, 6.07) is 0. The molecule has 0 saturated heterocycles. The number of carbonyl (C=O) groups excluding carboxylic acids is 2. The molecule has 11 heavy (non-hydrogen) atoms. The third-order valence-corrected chi connectivity index (χ3v) is 1.19. The summed E-state index contributed by atoms with van der Waals surface area (Å²) in [5.41, 5.74) is 5.38. The van der Waals surface area contributed by atoms with E-state index in [0.717, 1.165) is 6.26 Å². The Morgan fingerprint density at radius 2 is 2.55 bits per heavy atom. The van der Waals surface area contributed by atoms with Crippen LogP contribution in [-0.2, 0) is 11.2 Å². The maximum atomic E-state index is 10.6. The van der Waals surface area contributed by atoms with Gasteiger partial charge < -0.3 is 15.1 Å². The van der Waals surface area contributed by atoms with E-state index in [1.807, 2.05) is 0 Å². The number of primary amides is 1. The molecule has 1 rings (SSSR count). The van der Waals surface area contributed by atoms with Crippen LogP contribution in [0.3, 0.4) is 0 Å². The number of hydrogen-bond donors (Lipinski definition) is 1. The first kappa shape index (κ1) is 7.46. The van der Waals surface area contributed by atoms with E-state index in [9.17, 15) is 9.59 Å². The number of hydrogen-bond acceptors (Lipinski definition) is 4. The van der Waals surface area contributed by atoms with E-state index >= 15 is 0 Å². The van der Waals surface area contributed by atoms with E-state index in [2.05, 4.69) is 9.68 Å². The Morgan fingerprint density at radius 1 is 1.82 bits per heavy atom. The summed E-state index contributed by atoms with van der Waals surface area (Å²) in [7, 11) is 0. The van der Waals surface area contributed by atoms with E-state index in [0.29, 0.717) is 6.29 Å². The monoisotopic (exact) mass is 154 g/mol. The van der Waals surface area contributed by atoms with Gasteiger partial charge in [0.25, 0.3) is 5.91 Å². The summed E-state index contributed by atoms with van der Waals surface area (Å²) < 4.78 is 4.45. The Bertz CT molecular complexity index is 279. The molecule has 0 atom stereocenters. The molecule has 1 amide bonds. The lowest BCUT2D eigenvalue weighted by atomic mass is 10.2. The zero-order valence-corrected chi connectivity index (χ0v) is 5.61. The van der Waals surface area contributed by atoms with Gasteiger partial charge >= 0.3 is 0 Å². The first-order chi connectivity index (χ1) is 5.25. The fourth-order valence-electron chi connectivity index (χ4n) is 0.686. The fraction of sp³-hybridized carbons (Fsp3) is 0.167. The van der Waals surface area contributed by atoms with Crippen molar-refractivity contribution in [3.8, 4) is 0 Å². The second-order valence-corrected chi connectivity index (χ2v) is 1.91. The van der Waals surface area contributed by atoms with Crippen molar-refractivity contribution in [2.75, 3.05) is 0 Å². The molecule has 2 N–H and O–H groups in total. The predicted molar refractivity (Wildman–Crippen MR) is 34.8 cm³/mol. The smallest absolute Gasteiger partial charge is 0.253 e. The Kier molecular flexibility index (Phi) is 2.00. The molecular formula is C6H6N2O3. The molecular weight excluding hydrogens is 148 g/mol. The highest BCUT2D eigenvalue weighted by Crippen LogP contribution is 2.04. The van der Waals surface area contributed by atoms with Gasteiger partial charge in [-0.15, -0.1) is 0 Å². The normalized spacial score (nSPS) is 9.45. The molecule has 0 saturated carbocycles. The van der Waals surface area contributed by atoms with Crippen LogP contribution in [0.1, 0.15) is 16.1 Å². The van der Waals surface area contributed by atoms with Crippen LogP contribution >= 0.6 is 0 Å². The summed E-state index contributed by atoms with van der Waals surface area (Å²) in [5.74, 6) is -0.636. The van der Waals surface area contributed by atoms with Crippen molar-refractivity contribution in [3.05, 3.63) is 17.5 Å². The largest absolute Gasteiger partial charge is 0.365 e. The Balaban J connectivity index is 2.95. The van der Waals surface area contributed by atoms with Gasteiger partial charge in [0.05, 0.1) is 0 Å². The molecule has 0 spiro atoms. The highest BCUT2D eigenvalue weighted by molar-refractivity contribution is 5.93. The molecule has 58 valence electrons. The standard InChI is InChI=1S/C6H6N2O3/c7-6(10)4-3-11-8-5(4)1-2-9/h2-3H,1H2,(H2,7,10). The minimum atomic E-state index is -0.636. The molecule has 0 aliphatic carbocycles. The SMILES string of the molecule is NC(=O)c1conc1CC=O. The average molecular weight is 154 g/mol. The third-order valence-electron chi connectivity index (χ3n) is 1.19. The van der Waals surface area contributed by atoms with Gasteiger partial charge in [-0.25, -0.2) is 0 Å². The first-order valence-electron chi connectivity index (χ1n) is 2.92. The van der Waals surface area contributed by atoms with Crippen molar-refractivity contribution in [1.82, 2.24) is 5.16 Å². The van der Waals surface area contributed by atoms with E-state index in [4.69, 9.17) is 5.73 Å². The van der Waals surface area contributed by atoms with Gasteiger partial charge in [-0.05, 0) is 0 Å². The van der Waals surface area contributed by atoms with Gasteiger partial charge in [-0.1, -0.05) is 5.16 Å². The van der Waals surface area contributed by atoms with E-state index in [1.54, 1.807) is 0 Å². The zero-order chi connectivity index (χ0) is 8.27. The van der Waals surface area contributed by atoms with Gasteiger partial charge in [-0.3, -0.25) is 4.79 Å². The number of amides is 1. The van der Waals surface area contributed by atoms with Gasteiger partial charge in [0, 0.05) is 6.42 Å². The molecule has 0 aliphatic rings. The average Bonchev–Trinajstić information content (AvgIpc) is 2.36. The molecule has 0 aliphatic heterocycles. The van der Waals surface area contributed by atoms with Crippen LogP contribution in [0.4, 0.5) is 0 Å². The number of rotatable bonds is 3. The topological polar surface area (TPSA) is 86.2 Å². The van der Waals surface area contributed by atoms with Gasteiger partial charge in [-0.2, -0.15) is 0 Å². The van der Waals surface area contributed by atoms with Crippen molar-refractivity contribution in [2.45, 2.75) is 6.42 Å². The first-order valence-corrected chi connectivity index (χ1v) is 2.92. The van der Waals surface area contributed by atoms with Crippen LogP contribution in [0.2, 0.25) is 0 Å². The molecule has 0 unspecified atom stereocenters. The van der Waals surface area contributed by atoms with Crippen LogP contribution in [0.25, 0.3) is 0 Å². The van der Waals surface area contributed by atoms with Crippen LogP contribution in [0.15, 0.2) is 10.8 Å². The van der Waals surface area contributed by atoms with Crippen molar-refractivity contribution in [3.63, 3.8) is 0 Å². The maximum Gasteiger partial charge on any atom is 0.253 e. The number of nitrogens with two attached hydrogens (primary N) is 1. The quantitative estimate of drug-likeness (QED) is 0.595. The van der Waals surface area contributed by atoms with Crippen molar-refractivity contribution < 1.29 is 14.1 Å². The lowest BCUT2D eigenvalue weighted by Gasteiger charge is -1.87. The summed E-state index contributed by atoms with van der Waals surface area (Å²) in [6.45, 7) is 0. The summed E-state index contributed by atoms with van der Waals surface area (Å²) in [5, 5.41) is 3.42. The van der Waals surface area contributed by atoms with Gasteiger partial charge in [0.2, 0.25) is 0 Å². The molecule has 0 aromatic carbocycles. The highest BCUT2D eigenvalue weighted by atomic mass is 16.5. The lowest BCUT2D eigenvalue weighted by Crippen LogP contribution is -2.12. The lowest BCUT2D eigenvalue weighted by molar-refractivity contribution is -0.107. The second-order valence-electron chi connectivity index (χ2n) is 1.91. The minimum Gasteiger partial charge on any atom is -0.365 e. The number of aromatic nitrogens is 1. The van der Waals surface area contributed by atoms with E-state index < -0.39 is 5.91 Å². The van der Waals surface area contributed by atoms with Crippen molar-refractivity contribution >= 4 is 12.2 Å². The Labute approximate surface area is 62.2 Å². The van der Waals surface area contributed by atoms with Gasteiger partial charge in [0.15, 0.2) is 0 Å². The Morgan fingerprint density at radius 3 is 3.09 bits per heavy atom. The van der Waals surface area contributed by atoms with Crippen LogP contribution in [0.5, 0.6) is 0 Å². The fourth-order valence-corrected chi connectivity index (χ4v) is 0.686. The maximum absolute atomic E-state index is 10.6. The molecule has 0 bridgehead atoms. The molecule has 0 radical (unpaired) electrons. The molecule has 5 heteroatoms. The number of carbonyl (C=O) groups is 2. The van der Waals surface area contributed by atoms with Crippen LogP contribution in [0, 0.1) is 0 Å². The van der Waals surface area contributed by atoms with Gasteiger partial charge in [0.1, 0.15) is 23.8 Å². The summed E-state index contributed by atoms with van der Waals surface area (Å²) in [6.07, 6.45) is 1.81. The number of nitrogens with zero attached hydrogens (tertiary/aromatic N) is 1. The third kappa shape index (κ3) is 1.43. The highest BCUT2D eigenvalue weighted by Gasteiger charge is 2.11. The Hall–Kier alpha value is -1.65. The molecule has 1 aromatic rings. The minimum absolute atomic E-state index is 0.0504. The molecule has 0 fully saturated rings. The van der Waals surface area contributed by atoms with E-state index in [1.165, 1.54) is 0 Å². The van der Waals surface area contributed by atoms with Crippen molar-refractivity contribution in [1.29, 1.82) is 0 Å². The molecule has 1 aromatic heterocycles. The van der Waals surface area contributed by atoms with Crippen molar-refractivity contribution in [2.24, 2.45) is 5.73 Å². The zero-order valence-electron chi connectivity index (χ0n) is 5.61. The summed E-state index contributed by atoms with van der Waals surface area (Å²) >= 11 is 0. The molecule has 5 nitrogen and oxygen atoms in total. The molecule has 1 heterocycles. The number of aldehydes is 1. The predicted octanol–water partition coefficient (Wildman–Crippen LogP) is -0.485. The van der Waals surface area contributed by atoms with Crippen LogP contribution in [-0.4, -0.2) is 17.4 Å². The summed E-state index contributed by atoms with van der Waals surface area (Å²) in [4.78, 5) is 20.6.